The lowest BCUT2D eigenvalue weighted by Crippen LogP contribution is -2.50. The Morgan fingerprint density at radius 2 is 2.00 bits per heavy atom. The SMILES string of the molecule is COCC(CC(=O)O)N1CCN(C)CC1. The summed E-state index contributed by atoms with van der Waals surface area (Å²) >= 11 is 0. The smallest absolute Gasteiger partial charge is 0.305 e. The lowest BCUT2D eigenvalue weighted by atomic mass is 10.1. The van der Waals surface area contributed by atoms with E-state index in [0.29, 0.717) is 6.61 Å². The zero-order valence-corrected chi connectivity index (χ0v) is 9.48. The number of carbonyl (C=O) groups is 1. The predicted octanol–water partition coefficient (Wildman–Crippen LogP) is -0.276. The number of carboxylic acids is 1. The van der Waals surface area contributed by atoms with Crippen molar-refractivity contribution in [2.75, 3.05) is 46.9 Å². The van der Waals surface area contributed by atoms with Crippen LogP contribution in [-0.4, -0.2) is 73.9 Å². The summed E-state index contributed by atoms with van der Waals surface area (Å²) in [4.78, 5) is 15.2. The number of ether oxygens (including phenoxy) is 1. The third kappa shape index (κ3) is 4.15. The van der Waals surface area contributed by atoms with E-state index < -0.39 is 5.97 Å². The van der Waals surface area contributed by atoms with E-state index >= 15 is 0 Å². The Kier molecular flexibility index (Phi) is 5.01. The molecule has 1 saturated heterocycles. The van der Waals surface area contributed by atoms with Gasteiger partial charge in [0.2, 0.25) is 0 Å². The van der Waals surface area contributed by atoms with Gasteiger partial charge in [0.1, 0.15) is 0 Å². The molecule has 1 N–H and O–H groups in total. The van der Waals surface area contributed by atoms with Crippen LogP contribution in [0.2, 0.25) is 0 Å². The van der Waals surface area contributed by atoms with Crippen molar-refractivity contribution in [3.05, 3.63) is 0 Å². The molecule has 1 fully saturated rings. The molecule has 0 aromatic heterocycles. The lowest BCUT2D eigenvalue weighted by molar-refractivity contribution is -0.139. The Labute approximate surface area is 90.6 Å². The van der Waals surface area contributed by atoms with Gasteiger partial charge in [-0.2, -0.15) is 0 Å². The van der Waals surface area contributed by atoms with E-state index in [4.69, 9.17) is 9.84 Å². The van der Waals surface area contributed by atoms with Gasteiger partial charge in [-0.1, -0.05) is 0 Å². The van der Waals surface area contributed by atoms with Gasteiger partial charge in [0.05, 0.1) is 13.0 Å². The van der Waals surface area contributed by atoms with Crippen LogP contribution in [0.1, 0.15) is 6.42 Å². The summed E-state index contributed by atoms with van der Waals surface area (Å²) in [5.74, 6) is -0.754. The molecular weight excluding hydrogens is 196 g/mol. The highest BCUT2D eigenvalue weighted by molar-refractivity contribution is 5.67. The number of rotatable bonds is 5. The van der Waals surface area contributed by atoms with Crippen LogP contribution in [0.4, 0.5) is 0 Å². The van der Waals surface area contributed by atoms with E-state index in [2.05, 4.69) is 16.8 Å². The summed E-state index contributed by atoms with van der Waals surface area (Å²) in [5.41, 5.74) is 0. The first-order chi connectivity index (χ1) is 7.13. The van der Waals surface area contributed by atoms with Crippen molar-refractivity contribution < 1.29 is 14.6 Å². The number of methoxy groups -OCH3 is 1. The fourth-order valence-corrected chi connectivity index (χ4v) is 1.87. The summed E-state index contributed by atoms with van der Waals surface area (Å²) < 4.78 is 5.07. The van der Waals surface area contributed by atoms with Crippen molar-refractivity contribution in [3.63, 3.8) is 0 Å². The lowest BCUT2D eigenvalue weighted by Gasteiger charge is -2.37. The summed E-state index contributed by atoms with van der Waals surface area (Å²) in [6.07, 6.45) is 0.164. The number of piperazine rings is 1. The van der Waals surface area contributed by atoms with Crippen molar-refractivity contribution in [2.45, 2.75) is 12.5 Å². The van der Waals surface area contributed by atoms with Crippen LogP contribution in [0.25, 0.3) is 0 Å². The standard InChI is InChI=1S/C10H20N2O3/c1-11-3-5-12(6-4-11)9(8-15-2)7-10(13)14/h9H,3-8H2,1-2H3,(H,13,14). The van der Waals surface area contributed by atoms with Crippen LogP contribution in [0.5, 0.6) is 0 Å². The fourth-order valence-electron chi connectivity index (χ4n) is 1.87. The number of aliphatic carboxylic acids is 1. The molecule has 15 heavy (non-hydrogen) atoms. The highest BCUT2D eigenvalue weighted by Crippen LogP contribution is 2.09. The molecular formula is C10H20N2O3. The van der Waals surface area contributed by atoms with Gasteiger partial charge in [-0.25, -0.2) is 0 Å². The van der Waals surface area contributed by atoms with Crippen molar-refractivity contribution in [1.29, 1.82) is 0 Å². The number of nitrogens with zero attached hydrogens (tertiary/aromatic N) is 2. The van der Waals surface area contributed by atoms with E-state index in [0.717, 1.165) is 26.2 Å². The Bertz CT molecular complexity index is 203. The van der Waals surface area contributed by atoms with E-state index in [-0.39, 0.29) is 12.5 Å². The maximum Gasteiger partial charge on any atom is 0.305 e. The normalized spacial score (nSPS) is 21.5. The molecule has 1 heterocycles. The first-order valence-corrected chi connectivity index (χ1v) is 5.27. The number of hydrogen-bond acceptors (Lipinski definition) is 4. The van der Waals surface area contributed by atoms with Crippen molar-refractivity contribution >= 4 is 5.97 Å². The third-order valence-electron chi connectivity index (χ3n) is 2.82. The molecule has 5 heteroatoms. The Morgan fingerprint density at radius 1 is 1.40 bits per heavy atom. The molecule has 0 radical (unpaired) electrons. The summed E-state index contributed by atoms with van der Waals surface area (Å²) in [7, 11) is 3.70. The van der Waals surface area contributed by atoms with Gasteiger partial charge in [-0.05, 0) is 7.05 Å². The summed E-state index contributed by atoms with van der Waals surface area (Å²) in [6, 6.07) is 0.0150. The molecule has 1 aliphatic rings. The minimum absolute atomic E-state index is 0.0150. The average Bonchev–Trinajstić information content (AvgIpc) is 2.17. The molecule has 0 amide bonds. The van der Waals surface area contributed by atoms with Crippen molar-refractivity contribution in [1.82, 2.24) is 9.80 Å². The number of likely N-dealkylation sites (N-methyl/N-ethyl adjacent to an activating group) is 1. The Balaban J connectivity index is 2.44. The molecule has 88 valence electrons. The molecule has 1 rings (SSSR count). The first kappa shape index (κ1) is 12.4. The van der Waals surface area contributed by atoms with Crippen LogP contribution in [0, 0.1) is 0 Å². The molecule has 0 spiro atoms. The largest absolute Gasteiger partial charge is 0.481 e. The molecule has 0 aromatic carbocycles. The van der Waals surface area contributed by atoms with E-state index in [9.17, 15) is 4.79 Å². The number of hydrogen-bond donors (Lipinski definition) is 1. The second kappa shape index (κ2) is 6.05. The van der Waals surface area contributed by atoms with Gasteiger partial charge in [0.15, 0.2) is 0 Å². The fraction of sp³-hybridized carbons (Fsp3) is 0.900. The van der Waals surface area contributed by atoms with Gasteiger partial charge in [0, 0.05) is 39.3 Å². The maximum absolute atomic E-state index is 10.7. The van der Waals surface area contributed by atoms with Crippen LogP contribution >= 0.6 is 0 Å². The summed E-state index contributed by atoms with van der Waals surface area (Å²) in [6.45, 7) is 4.35. The molecule has 1 aliphatic heterocycles. The van der Waals surface area contributed by atoms with Gasteiger partial charge < -0.3 is 14.7 Å². The van der Waals surface area contributed by atoms with Crippen LogP contribution in [0.3, 0.4) is 0 Å². The molecule has 0 aliphatic carbocycles. The second-order valence-corrected chi connectivity index (χ2v) is 4.05. The minimum Gasteiger partial charge on any atom is -0.481 e. The molecule has 0 bridgehead atoms. The maximum atomic E-state index is 10.7. The quantitative estimate of drug-likeness (QED) is 0.685. The minimum atomic E-state index is -0.754. The van der Waals surface area contributed by atoms with Crippen LogP contribution < -0.4 is 0 Å². The number of carboxylic acid groups (broad SMARTS) is 1. The first-order valence-electron chi connectivity index (χ1n) is 5.27. The van der Waals surface area contributed by atoms with Gasteiger partial charge in [-0.15, -0.1) is 0 Å². The molecule has 0 aromatic rings. The topological polar surface area (TPSA) is 53.0 Å². The third-order valence-corrected chi connectivity index (χ3v) is 2.82. The molecule has 0 saturated carbocycles. The van der Waals surface area contributed by atoms with Crippen molar-refractivity contribution in [3.8, 4) is 0 Å². The van der Waals surface area contributed by atoms with E-state index in [1.54, 1.807) is 7.11 Å². The zero-order chi connectivity index (χ0) is 11.3. The highest BCUT2D eigenvalue weighted by Gasteiger charge is 2.24. The van der Waals surface area contributed by atoms with Crippen LogP contribution in [0.15, 0.2) is 0 Å². The molecule has 5 nitrogen and oxygen atoms in total. The second-order valence-electron chi connectivity index (χ2n) is 4.05. The molecule has 1 unspecified atom stereocenters. The Hall–Kier alpha value is -0.650. The van der Waals surface area contributed by atoms with E-state index in [1.165, 1.54) is 0 Å². The zero-order valence-electron chi connectivity index (χ0n) is 9.48. The molecule has 1 atom stereocenters. The van der Waals surface area contributed by atoms with Crippen LogP contribution in [-0.2, 0) is 9.53 Å². The highest BCUT2D eigenvalue weighted by atomic mass is 16.5. The van der Waals surface area contributed by atoms with Crippen molar-refractivity contribution in [2.24, 2.45) is 0 Å². The Morgan fingerprint density at radius 3 is 2.47 bits per heavy atom. The van der Waals surface area contributed by atoms with Gasteiger partial charge >= 0.3 is 5.97 Å². The van der Waals surface area contributed by atoms with Gasteiger partial charge in [0.25, 0.3) is 0 Å². The monoisotopic (exact) mass is 216 g/mol. The average molecular weight is 216 g/mol. The predicted molar refractivity (Wildman–Crippen MR) is 57.0 cm³/mol. The summed E-state index contributed by atoms with van der Waals surface area (Å²) in [5, 5.41) is 8.80. The van der Waals surface area contributed by atoms with Gasteiger partial charge in [-0.3, -0.25) is 9.69 Å². The van der Waals surface area contributed by atoms with E-state index in [1.807, 2.05) is 0 Å².